The van der Waals surface area contributed by atoms with Crippen LogP contribution < -0.4 is 5.32 Å². The van der Waals surface area contributed by atoms with Crippen molar-refractivity contribution in [3.8, 4) is 0 Å². The van der Waals surface area contributed by atoms with Gasteiger partial charge in [-0.1, -0.05) is 6.92 Å². The summed E-state index contributed by atoms with van der Waals surface area (Å²) in [7, 11) is 0. The first kappa shape index (κ1) is 16.0. The monoisotopic (exact) mass is 294 g/mol. The Bertz CT molecular complexity index is 299. The van der Waals surface area contributed by atoms with Gasteiger partial charge in [-0.25, -0.2) is 0 Å². The summed E-state index contributed by atoms with van der Waals surface area (Å²) in [6.07, 6.45) is 0.193. The first-order chi connectivity index (χ1) is 9.46. The van der Waals surface area contributed by atoms with Crippen LogP contribution in [0.3, 0.4) is 0 Å². The van der Waals surface area contributed by atoms with E-state index in [1.807, 2.05) is 0 Å². The molecule has 0 aromatic heterocycles. The summed E-state index contributed by atoms with van der Waals surface area (Å²) in [5.74, 6) is 0.347. The average Bonchev–Trinajstić information content (AvgIpc) is 2.82. The minimum atomic E-state index is -4.07. The van der Waals surface area contributed by atoms with E-state index in [0.717, 1.165) is 38.8 Å². The molecule has 118 valence electrons. The van der Waals surface area contributed by atoms with Crippen LogP contribution in [0.5, 0.6) is 0 Å². The minimum absolute atomic E-state index is 0.339. The second-order valence-corrected chi connectivity index (χ2v) is 6.04. The maximum Gasteiger partial charge on any atom is 0.401 e. The van der Waals surface area contributed by atoms with Crippen LogP contribution in [0.1, 0.15) is 32.6 Å². The Kier molecular flexibility index (Phi) is 5.69. The Morgan fingerprint density at radius 1 is 1.30 bits per heavy atom. The summed E-state index contributed by atoms with van der Waals surface area (Å²) in [5.41, 5.74) is 0. The molecule has 1 N–H and O–H groups in total. The lowest BCUT2D eigenvalue weighted by molar-refractivity contribution is -0.143. The number of ether oxygens (including phenoxy) is 1. The summed E-state index contributed by atoms with van der Waals surface area (Å²) >= 11 is 0. The molecule has 0 amide bonds. The van der Waals surface area contributed by atoms with Gasteiger partial charge >= 0.3 is 6.18 Å². The van der Waals surface area contributed by atoms with Crippen LogP contribution in [-0.2, 0) is 4.74 Å². The lowest BCUT2D eigenvalue weighted by Crippen LogP contribution is -2.41. The molecule has 0 aromatic carbocycles. The van der Waals surface area contributed by atoms with Gasteiger partial charge in [0.1, 0.15) is 0 Å². The van der Waals surface area contributed by atoms with Gasteiger partial charge in [0.2, 0.25) is 0 Å². The molecule has 2 aliphatic rings. The number of alkyl halides is 3. The Morgan fingerprint density at radius 2 is 2.10 bits per heavy atom. The van der Waals surface area contributed by atoms with E-state index >= 15 is 0 Å². The molecule has 3 nitrogen and oxygen atoms in total. The third-order valence-electron chi connectivity index (χ3n) is 4.29. The van der Waals surface area contributed by atoms with Crippen molar-refractivity contribution in [1.82, 2.24) is 10.2 Å². The number of likely N-dealkylation sites (tertiary alicyclic amines) is 1. The Hall–Kier alpha value is -0.330. The van der Waals surface area contributed by atoms with E-state index in [1.54, 1.807) is 0 Å². The summed E-state index contributed by atoms with van der Waals surface area (Å²) < 4.78 is 42.6. The zero-order valence-corrected chi connectivity index (χ0v) is 12.1. The molecule has 2 aliphatic heterocycles. The van der Waals surface area contributed by atoms with E-state index in [4.69, 9.17) is 4.74 Å². The van der Waals surface area contributed by atoms with Crippen LogP contribution in [0.2, 0.25) is 0 Å². The van der Waals surface area contributed by atoms with Crippen LogP contribution in [0.15, 0.2) is 0 Å². The highest BCUT2D eigenvalue weighted by Crippen LogP contribution is 2.23. The first-order valence-corrected chi connectivity index (χ1v) is 7.60. The number of halogens is 3. The molecule has 0 spiro atoms. The van der Waals surface area contributed by atoms with E-state index in [-0.39, 0.29) is 0 Å². The van der Waals surface area contributed by atoms with Crippen molar-refractivity contribution in [2.75, 3.05) is 32.8 Å². The normalized spacial score (nSPS) is 32.7. The molecule has 0 bridgehead atoms. The number of hydrogen-bond donors (Lipinski definition) is 1. The van der Waals surface area contributed by atoms with E-state index < -0.39 is 12.7 Å². The van der Waals surface area contributed by atoms with E-state index in [0.29, 0.717) is 31.2 Å². The third-order valence-corrected chi connectivity index (χ3v) is 4.29. The summed E-state index contributed by atoms with van der Waals surface area (Å²) in [6.45, 7) is 4.11. The molecular formula is C14H25F3N2O. The van der Waals surface area contributed by atoms with Gasteiger partial charge in [0.05, 0.1) is 12.6 Å². The van der Waals surface area contributed by atoms with Crippen molar-refractivity contribution in [1.29, 1.82) is 0 Å². The van der Waals surface area contributed by atoms with Crippen molar-refractivity contribution in [3.63, 3.8) is 0 Å². The van der Waals surface area contributed by atoms with Crippen LogP contribution in [0, 0.1) is 5.92 Å². The predicted molar refractivity (Wildman–Crippen MR) is 71.7 cm³/mol. The van der Waals surface area contributed by atoms with Gasteiger partial charge in [-0.15, -0.1) is 0 Å². The highest BCUT2D eigenvalue weighted by molar-refractivity contribution is 4.82. The van der Waals surface area contributed by atoms with Crippen molar-refractivity contribution in [2.45, 2.75) is 50.9 Å². The molecule has 3 unspecified atom stereocenters. The maximum atomic E-state index is 12.3. The summed E-state index contributed by atoms with van der Waals surface area (Å²) in [5, 5.41) is 3.52. The number of rotatable bonds is 5. The summed E-state index contributed by atoms with van der Waals surface area (Å²) in [4.78, 5) is 1.52. The molecule has 2 rings (SSSR count). The molecule has 6 heteroatoms. The van der Waals surface area contributed by atoms with E-state index in [2.05, 4.69) is 12.2 Å². The number of nitrogens with one attached hydrogen (secondary N) is 1. The van der Waals surface area contributed by atoms with Gasteiger partial charge in [0.15, 0.2) is 0 Å². The quantitative estimate of drug-likeness (QED) is 0.843. The van der Waals surface area contributed by atoms with Crippen molar-refractivity contribution in [3.05, 3.63) is 0 Å². The Labute approximate surface area is 118 Å². The van der Waals surface area contributed by atoms with Gasteiger partial charge in [0, 0.05) is 19.2 Å². The standard InChI is InChI=1S/C14H25F3N2O/c1-2-13-7-12(4-6-20-13)18-8-11-3-5-19(9-11)10-14(15,16)17/h11-13,18H,2-10H2,1H3. The second kappa shape index (κ2) is 7.09. The number of hydrogen-bond acceptors (Lipinski definition) is 3. The van der Waals surface area contributed by atoms with E-state index in [9.17, 15) is 13.2 Å². The predicted octanol–water partition coefficient (Wildman–Crippen LogP) is 2.42. The fraction of sp³-hybridized carbons (Fsp3) is 1.00. The molecule has 0 aliphatic carbocycles. The van der Waals surface area contributed by atoms with Gasteiger partial charge in [-0.2, -0.15) is 13.2 Å². The zero-order chi connectivity index (χ0) is 14.6. The lowest BCUT2D eigenvalue weighted by Gasteiger charge is -2.30. The molecule has 0 saturated carbocycles. The van der Waals surface area contributed by atoms with Crippen LogP contribution >= 0.6 is 0 Å². The van der Waals surface area contributed by atoms with Crippen molar-refractivity contribution < 1.29 is 17.9 Å². The summed E-state index contributed by atoms with van der Waals surface area (Å²) in [6, 6.07) is 0.463. The maximum absolute atomic E-state index is 12.3. The van der Waals surface area contributed by atoms with Crippen molar-refractivity contribution >= 4 is 0 Å². The molecule has 3 atom stereocenters. The van der Waals surface area contributed by atoms with E-state index in [1.165, 1.54) is 4.90 Å². The third kappa shape index (κ3) is 5.22. The largest absolute Gasteiger partial charge is 0.401 e. The van der Waals surface area contributed by atoms with Crippen molar-refractivity contribution in [2.24, 2.45) is 5.92 Å². The molecule has 2 saturated heterocycles. The second-order valence-electron chi connectivity index (χ2n) is 6.04. The Balaban J connectivity index is 1.65. The fourth-order valence-electron chi connectivity index (χ4n) is 3.16. The average molecular weight is 294 g/mol. The highest BCUT2D eigenvalue weighted by Gasteiger charge is 2.34. The lowest BCUT2D eigenvalue weighted by atomic mass is 10.0. The number of nitrogens with zero attached hydrogens (tertiary/aromatic N) is 1. The molecule has 2 heterocycles. The van der Waals surface area contributed by atoms with Gasteiger partial charge in [-0.05, 0) is 44.7 Å². The highest BCUT2D eigenvalue weighted by atomic mass is 19.4. The Morgan fingerprint density at radius 3 is 2.80 bits per heavy atom. The minimum Gasteiger partial charge on any atom is -0.378 e. The van der Waals surface area contributed by atoms with Crippen LogP contribution in [-0.4, -0.2) is 56.0 Å². The molecule has 0 aromatic rings. The topological polar surface area (TPSA) is 24.5 Å². The fourth-order valence-corrected chi connectivity index (χ4v) is 3.16. The van der Waals surface area contributed by atoms with Gasteiger partial charge < -0.3 is 10.1 Å². The SMILES string of the molecule is CCC1CC(NCC2CCN(CC(F)(F)F)C2)CCO1. The van der Waals surface area contributed by atoms with Gasteiger partial charge in [-0.3, -0.25) is 4.90 Å². The van der Waals surface area contributed by atoms with Crippen LogP contribution in [0.4, 0.5) is 13.2 Å². The molecule has 20 heavy (non-hydrogen) atoms. The molecular weight excluding hydrogens is 269 g/mol. The van der Waals surface area contributed by atoms with Gasteiger partial charge in [0.25, 0.3) is 0 Å². The molecule has 0 radical (unpaired) electrons. The zero-order valence-electron chi connectivity index (χ0n) is 12.1. The van der Waals surface area contributed by atoms with Crippen LogP contribution in [0.25, 0.3) is 0 Å². The molecule has 2 fully saturated rings. The first-order valence-electron chi connectivity index (χ1n) is 7.60. The smallest absolute Gasteiger partial charge is 0.378 e.